The maximum Gasteiger partial charge on any atom is 0.225 e. The number of amides is 1. The number of aliphatic hydroxyl groups is 1. The van der Waals surface area contributed by atoms with Crippen molar-refractivity contribution in [3.05, 3.63) is 71.3 Å². The summed E-state index contributed by atoms with van der Waals surface area (Å²) in [6.45, 7) is 4.29. The van der Waals surface area contributed by atoms with Crippen molar-refractivity contribution in [1.29, 1.82) is 0 Å². The monoisotopic (exact) mass is 417 g/mol. The first-order valence-corrected chi connectivity index (χ1v) is 10.8. The third kappa shape index (κ3) is 3.89. The van der Waals surface area contributed by atoms with Crippen LogP contribution in [0.15, 0.2) is 54.6 Å². The van der Waals surface area contributed by atoms with E-state index < -0.39 is 0 Å². The molecule has 2 aliphatic heterocycles. The maximum absolute atomic E-state index is 12.9. The quantitative estimate of drug-likeness (QED) is 0.707. The summed E-state index contributed by atoms with van der Waals surface area (Å²) in [5, 5.41) is 11.0. The number of rotatable bonds is 4. The third-order valence-electron chi connectivity index (χ3n) is 6.30. The van der Waals surface area contributed by atoms with Crippen LogP contribution < -0.4 is 4.90 Å². The largest absolute Gasteiger partial charge is 0.392 e. The Morgan fingerprint density at radius 1 is 1.13 bits per heavy atom. The van der Waals surface area contributed by atoms with Crippen molar-refractivity contribution < 1.29 is 14.6 Å². The molecule has 0 spiro atoms. The fraction of sp³-hybridized carbons (Fsp3) is 0.360. The molecule has 1 N–H and O–H groups in total. The molecule has 6 heteroatoms. The van der Waals surface area contributed by atoms with Gasteiger partial charge in [0.15, 0.2) is 0 Å². The standard InChI is InChI=1S/C25H27N3O3/c1-17-7-8-19-12-20(16-29)25(26-21(19)11-17)27-14-22-23(15-27)31-10-9-24(30)28(22)13-18-5-3-2-4-6-18/h2-8,11-12,22-23,29H,9-10,13-16H2,1H3/t22-,23-/m0/s1. The lowest BCUT2D eigenvalue weighted by Gasteiger charge is -2.30. The number of fused-ring (bicyclic) bond motifs is 2. The van der Waals surface area contributed by atoms with Crippen molar-refractivity contribution in [2.24, 2.45) is 0 Å². The molecule has 160 valence electrons. The second kappa shape index (κ2) is 8.29. The lowest BCUT2D eigenvalue weighted by Crippen LogP contribution is -2.45. The molecule has 3 aromatic rings. The number of hydrogen-bond donors (Lipinski definition) is 1. The highest BCUT2D eigenvalue weighted by Gasteiger charge is 2.42. The van der Waals surface area contributed by atoms with Gasteiger partial charge in [0.05, 0.1) is 37.3 Å². The van der Waals surface area contributed by atoms with E-state index in [4.69, 9.17) is 9.72 Å². The Bertz CT molecular complexity index is 1100. The summed E-state index contributed by atoms with van der Waals surface area (Å²) in [4.78, 5) is 22.0. The van der Waals surface area contributed by atoms with E-state index in [1.807, 2.05) is 35.2 Å². The second-order valence-electron chi connectivity index (χ2n) is 8.46. The number of carbonyl (C=O) groups excluding carboxylic acids is 1. The van der Waals surface area contributed by atoms with E-state index in [-0.39, 0.29) is 24.7 Å². The minimum absolute atomic E-state index is 0.0447. The normalized spacial score (nSPS) is 21.4. The van der Waals surface area contributed by atoms with Gasteiger partial charge < -0.3 is 19.6 Å². The molecule has 0 saturated carbocycles. The van der Waals surface area contributed by atoms with Gasteiger partial charge in [0, 0.05) is 30.6 Å². The molecule has 5 rings (SSSR count). The summed E-state index contributed by atoms with van der Waals surface area (Å²) in [6, 6.07) is 18.2. The van der Waals surface area contributed by atoms with Crippen LogP contribution in [-0.4, -0.2) is 52.7 Å². The summed E-state index contributed by atoms with van der Waals surface area (Å²) >= 11 is 0. The summed E-state index contributed by atoms with van der Waals surface area (Å²) in [5.74, 6) is 0.909. The Morgan fingerprint density at radius 3 is 2.77 bits per heavy atom. The number of benzene rings is 2. The molecular formula is C25H27N3O3. The Hall–Kier alpha value is -2.96. The molecular weight excluding hydrogens is 390 g/mol. The van der Waals surface area contributed by atoms with Crippen molar-refractivity contribution in [2.75, 3.05) is 24.6 Å². The van der Waals surface area contributed by atoms with Gasteiger partial charge in [0.1, 0.15) is 5.82 Å². The number of ether oxygens (including phenoxy) is 1. The van der Waals surface area contributed by atoms with Crippen LogP contribution in [0.25, 0.3) is 10.9 Å². The van der Waals surface area contributed by atoms with Gasteiger partial charge in [-0.05, 0) is 30.2 Å². The number of hydrogen-bond acceptors (Lipinski definition) is 5. The SMILES string of the molecule is Cc1ccc2cc(CO)c(N3C[C@@H]4OCCC(=O)N(Cc5ccccc5)[C@H]4C3)nc2c1. The summed E-state index contributed by atoms with van der Waals surface area (Å²) in [5.41, 5.74) is 3.98. The van der Waals surface area contributed by atoms with E-state index in [0.717, 1.165) is 33.4 Å². The van der Waals surface area contributed by atoms with E-state index in [1.165, 1.54) is 0 Å². The fourth-order valence-corrected chi connectivity index (χ4v) is 4.71. The minimum Gasteiger partial charge on any atom is -0.392 e. The molecule has 6 nitrogen and oxygen atoms in total. The molecule has 2 aromatic carbocycles. The average Bonchev–Trinajstić information content (AvgIpc) is 3.14. The van der Waals surface area contributed by atoms with E-state index >= 15 is 0 Å². The van der Waals surface area contributed by atoms with Crippen LogP contribution in [0.1, 0.15) is 23.1 Å². The highest BCUT2D eigenvalue weighted by atomic mass is 16.5. The zero-order chi connectivity index (χ0) is 21.4. The van der Waals surface area contributed by atoms with Crippen molar-refractivity contribution in [3.8, 4) is 0 Å². The van der Waals surface area contributed by atoms with Gasteiger partial charge in [-0.15, -0.1) is 0 Å². The molecule has 0 unspecified atom stereocenters. The average molecular weight is 418 g/mol. The minimum atomic E-state index is -0.0779. The number of pyridine rings is 1. The first kappa shape index (κ1) is 20.0. The zero-order valence-electron chi connectivity index (χ0n) is 17.7. The maximum atomic E-state index is 12.9. The Morgan fingerprint density at radius 2 is 1.97 bits per heavy atom. The van der Waals surface area contributed by atoms with Gasteiger partial charge >= 0.3 is 0 Å². The van der Waals surface area contributed by atoms with Crippen LogP contribution in [0.5, 0.6) is 0 Å². The molecule has 31 heavy (non-hydrogen) atoms. The molecule has 2 aliphatic rings. The van der Waals surface area contributed by atoms with Crippen molar-refractivity contribution >= 4 is 22.6 Å². The van der Waals surface area contributed by atoms with Crippen LogP contribution in [0.3, 0.4) is 0 Å². The first-order chi connectivity index (χ1) is 15.1. The first-order valence-electron chi connectivity index (χ1n) is 10.8. The summed E-state index contributed by atoms with van der Waals surface area (Å²) in [7, 11) is 0. The van der Waals surface area contributed by atoms with Crippen LogP contribution in [0.2, 0.25) is 0 Å². The van der Waals surface area contributed by atoms with E-state index in [9.17, 15) is 9.90 Å². The smallest absolute Gasteiger partial charge is 0.225 e. The molecule has 0 radical (unpaired) electrons. The number of aryl methyl sites for hydroxylation is 1. The number of carbonyl (C=O) groups is 1. The second-order valence-corrected chi connectivity index (χ2v) is 8.46. The van der Waals surface area contributed by atoms with Crippen LogP contribution >= 0.6 is 0 Å². The summed E-state index contributed by atoms with van der Waals surface area (Å²) in [6.07, 6.45) is 0.339. The third-order valence-corrected chi connectivity index (χ3v) is 6.30. The molecule has 0 aliphatic carbocycles. The lowest BCUT2D eigenvalue weighted by atomic mass is 10.1. The van der Waals surface area contributed by atoms with Gasteiger partial charge in [0.25, 0.3) is 0 Å². The van der Waals surface area contributed by atoms with Crippen molar-refractivity contribution in [3.63, 3.8) is 0 Å². The van der Waals surface area contributed by atoms with Crippen LogP contribution in [0.4, 0.5) is 5.82 Å². The topological polar surface area (TPSA) is 65.9 Å². The van der Waals surface area contributed by atoms with E-state index in [0.29, 0.717) is 32.7 Å². The molecule has 0 bridgehead atoms. The van der Waals surface area contributed by atoms with Crippen molar-refractivity contribution in [2.45, 2.75) is 38.6 Å². The molecule has 1 amide bonds. The summed E-state index contributed by atoms with van der Waals surface area (Å²) < 4.78 is 6.10. The number of nitrogens with zero attached hydrogens (tertiary/aromatic N) is 3. The number of anilines is 1. The van der Waals surface area contributed by atoms with E-state index in [2.05, 4.69) is 36.1 Å². The predicted octanol–water partition coefficient (Wildman–Crippen LogP) is 3.04. The van der Waals surface area contributed by atoms with Crippen LogP contribution in [-0.2, 0) is 22.7 Å². The van der Waals surface area contributed by atoms with Crippen molar-refractivity contribution in [1.82, 2.24) is 9.88 Å². The van der Waals surface area contributed by atoms with Gasteiger partial charge in [-0.3, -0.25) is 4.79 Å². The van der Waals surface area contributed by atoms with Gasteiger partial charge in [-0.1, -0.05) is 42.5 Å². The molecule has 2 fully saturated rings. The van der Waals surface area contributed by atoms with Gasteiger partial charge in [-0.25, -0.2) is 4.98 Å². The molecule has 1 aromatic heterocycles. The predicted molar refractivity (Wildman–Crippen MR) is 120 cm³/mol. The van der Waals surface area contributed by atoms with Gasteiger partial charge in [-0.2, -0.15) is 0 Å². The fourth-order valence-electron chi connectivity index (χ4n) is 4.71. The van der Waals surface area contributed by atoms with Gasteiger partial charge in [0.2, 0.25) is 5.91 Å². The Balaban J connectivity index is 1.47. The van der Waals surface area contributed by atoms with E-state index in [1.54, 1.807) is 0 Å². The molecule has 2 saturated heterocycles. The lowest BCUT2D eigenvalue weighted by molar-refractivity contribution is -0.133. The van der Waals surface area contributed by atoms with Crippen LogP contribution in [0, 0.1) is 6.92 Å². The Kier molecular flexibility index (Phi) is 5.34. The number of aromatic nitrogens is 1. The highest BCUT2D eigenvalue weighted by molar-refractivity contribution is 5.83. The molecule has 3 heterocycles. The Labute approximate surface area is 182 Å². The molecule has 2 atom stereocenters. The number of aliphatic hydroxyl groups excluding tert-OH is 1. The zero-order valence-corrected chi connectivity index (χ0v) is 17.7. The highest BCUT2D eigenvalue weighted by Crippen LogP contribution is 2.31.